The van der Waals surface area contributed by atoms with Crippen molar-refractivity contribution in [2.24, 2.45) is 5.73 Å². The molecule has 0 unspecified atom stereocenters. The fourth-order valence-electron chi connectivity index (χ4n) is 2.52. The second kappa shape index (κ2) is 4.41. The van der Waals surface area contributed by atoms with Crippen molar-refractivity contribution in [3.8, 4) is 0 Å². The normalized spacial score (nSPS) is 24.3. The summed E-state index contributed by atoms with van der Waals surface area (Å²) in [5.41, 5.74) is 5.84. The summed E-state index contributed by atoms with van der Waals surface area (Å²) in [5.74, 6) is -0.0451. The molecule has 1 heterocycles. The van der Waals surface area contributed by atoms with Gasteiger partial charge in [-0.1, -0.05) is 12.8 Å². The molecule has 2 amide bonds. The number of rotatable bonds is 2. The van der Waals surface area contributed by atoms with E-state index in [1.54, 1.807) is 4.90 Å². The quantitative estimate of drug-likeness (QED) is 0.672. The lowest BCUT2D eigenvalue weighted by molar-refractivity contribution is -0.139. The molecule has 1 saturated heterocycles. The largest absolute Gasteiger partial charge is 0.353 e. The number of nitrogens with one attached hydrogen (secondary N) is 1. The Labute approximate surface area is 95.3 Å². The molecule has 1 saturated carbocycles. The molecule has 0 atom stereocenters. The molecule has 90 valence electrons. The molecule has 0 spiro atoms. The third kappa shape index (κ3) is 2.52. The first-order valence-electron chi connectivity index (χ1n) is 5.92. The number of carbonyl (C=O) groups is 2. The van der Waals surface area contributed by atoms with Gasteiger partial charge in [-0.05, 0) is 12.8 Å². The lowest BCUT2D eigenvalue weighted by atomic mass is 9.94. The van der Waals surface area contributed by atoms with Crippen LogP contribution in [0.3, 0.4) is 0 Å². The molecule has 2 rings (SSSR count). The Balaban J connectivity index is 1.89. The van der Waals surface area contributed by atoms with Gasteiger partial charge in [-0.25, -0.2) is 0 Å². The minimum atomic E-state index is -0.314. The molecule has 0 aromatic carbocycles. The van der Waals surface area contributed by atoms with Crippen molar-refractivity contribution in [1.82, 2.24) is 10.2 Å². The first-order chi connectivity index (χ1) is 7.59. The van der Waals surface area contributed by atoms with Crippen molar-refractivity contribution < 1.29 is 9.59 Å². The van der Waals surface area contributed by atoms with E-state index in [-0.39, 0.29) is 23.9 Å². The number of hydrogen-bond donors (Lipinski definition) is 2. The standard InChI is InChI=1S/C11H19N3O2/c12-11(3-1-2-4-11)7-10(16)14-6-5-13-9(15)8-14/h1-8,12H2,(H,13,15). The van der Waals surface area contributed by atoms with Gasteiger partial charge in [0.25, 0.3) is 0 Å². The summed E-state index contributed by atoms with van der Waals surface area (Å²) in [4.78, 5) is 24.7. The Morgan fingerprint density at radius 2 is 2.12 bits per heavy atom. The van der Waals surface area contributed by atoms with Crippen LogP contribution in [0.25, 0.3) is 0 Å². The molecule has 2 fully saturated rings. The monoisotopic (exact) mass is 225 g/mol. The second-order valence-corrected chi connectivity index (χ2v) is 4.91. The molecule has 1 aliphatic carbocycles. The molecular formula is C11H19N3O2. The van der Waals surface area contributed by atoms with Crippen LogP contribution in [0.1, 0.15) is 32.1 Å². The highest BCUT2D eigenvalue weighted by atomic mass is 16.2. The third-order valence-corrected chi connectivity index (χ3v) is 3.49. The minimum Gasteiger partial charge on any atom is -0.353 e. The van der Waals surface area contributed by atoms with E-state index in [1.165, 1.54) is 0 Å². The van der Waals surface area contributed by atoms with E-state index in [0.717, 1.165) is 25.7 Å². The fourth-order valence-corrected chi connectivity index (χ4v) is 2.52. The van der Waals surface area contributed by atoms with Gasteiger partial charge in [-0.15, -0.1) is 0 Å². The van der Waals surface area contributed by atoms with E-state index >= 15 is 0 Å². The number of nitrogens with zero attached hydrogens (tertiary/aromatic N) is 1. The number of piperazine rings is 1. The zero-order valence-corrected chi connectivity index (χ0v) is 9.50. The van der Waals surface area contributed by atoms with Crippen molar-refractivity contribution in [2.45, 2.75) is 37.6 Å². The Kier molecular flexibility index (Phi) is 3.14. The maximum atomic E-state index is 12.0. The van der Waals surface area contributed by atoms with Gasteiger partial charge in [0.15, 0.2) is 0 Å². The van der Waals surface area contributed by atoms with Crippen molar-refractivity contribution in [3.63, 3.8) is 0 Å². The predicted octanol–water partition coefficient (Wildman–Crippen LogP) is -0.394. The zero-order valence-electron chi connectivity index (χ0n) is 9.50. The Morgan fingerprint density at radius 1 is 1.44 bits per heavy atom. The van der Waals surface area contributed by atoms with E-state index in [9.17, 15) is 9.59 Å². The molecule has 5 heteroatoms. The molecule has 16 heavy (non-hydrogen) atoms. The van der Waals surface area contributed by atoms with Crippen molar-refractivity contribution in [3.05, 3.63) is 0 Å². The van der Waals surface area contributed by atoms with Crippen LogP contribution in [0, 0.1) is 0 Å². The van der Waals surface area contributed by atoms with Crippen molar-refractivity contribution in [1.29, 1.82) is 0 Å². The van der Waals surface area contributed by atoms with Crippen molar-refractivity contribution in [2.75, 3.05) is 19.6 Å². The Bertz CT molecular complexity index is 298. The second-order valence-electron chi connectivity index (χ2n) is 4.91. The summed E-state index contributed by atoms with van der Waals surface area (Å²) < 4.78 is 0. The summed E-state index contributed by atoms with van der Waals surface area (Å²) in [7, 11) is 0. The lowest BCUT2D eigenvalue weighted by Gasteiger charge is -2.30. The molecule has 0 radical (unpaired) electrons. The molecule has 0 bridgehead atoms. The van der Waals surface area contributed by atoms with Crippen LogP contribution in [-0.2, 0) is 9.59 Å². The number of carbonyl (C=O) groups excluding carboxylic acids is 2. The van der Waals surface area contributed by atoms with E-state index < -0.39 is 0 Å². The van der Waals surface area contributed by atoms with Crippen LogP contribution >= 0.6 is 0 Å². The number of hydrogen-bond acceptors (Lipinski definition) is 3. The van der Waals surface area contributed by atoms with Gasteiger partial charge >= 0.3 is 0 Å². The summed E-state index contributed by atoms with van der Waals surface area (Å²) in [6, 6.07) is 0. The van der Waals surface area contributed by atoms with E-state index in [1.807, 2.05) is 0 Å². The number of amides is 2. The molecule has 1 aliphatic heterocycles. The summed E-state index contributed by atoms with van der Waals surface area (Å²) in [6.07, 6.45) is 4.48. The van der Waals surface area contributed by atoms with Gasteiger partial charge in [0.1, 0.15) is 0 Å². The van der Waals surface area contributed by atoms with E-state index in [0.29, 0.717) is 19.5 Å². The van der Waals surface area contributed by atoms with Gasteiger partial charge in [0.2, 0.25) is 11.8 Å². The minimum absolute atomic E-state index is 0.0271. The topological polar surface area (TPSA) is 75.4 Å². The van der Waals surface area contributed by atoms with Gasteiger partial charge in [0.05, 0.1) is 6.54 Å². The average molecular weight is 225 g/mol. The molecular weight excluding hydrogens is 206 g/mol. The highest BCUT2D eigenvalue weighted by Gasteiger charge is 2.34. The Hall–Kier alpha value is -1.10. The third-order valence-electron chi connectivity index (χ3n) is 3.49. The SMILES string of the molecule is NC1(CC(=O)N2CCNC(=O)C2)CCCC1. The Morgan fingerprint density at radius 3 is 2.75 bits per heavy atom. The highest BCUT2D eigenvalue weighted by Crippen LogP contribution is 2.30. The molecule has 0 aromatic heterocycles. The van der Waals surface area contributed by atoms with E-state index in [2.05, 4.69) is 5.32 Å². The highest BCUT2D eigenvalue weighted by molar-refractivity contribution is 5.86. The molecule has 5 nitrogen and oxygen atoms in total. The van der Waals surface area contributed by atoms with E-state index in [4.69, 9.17) is 5.73 Å². The van der Waals surface area contributed by atoms with Crippen LogP contribution in [0.5, 0.6) is 0 Å². The van der Waals surface area contributed by atoms with Crippen LogP contribution < -0.4 is 11.1 Å². The molecule has 3 N–H and O–H groups in total. The average Bonchev–Trinajstić information content (AvgIpc) is 2.65. The maximum Gasteiger partial charge on any atom is 0.239 e. The molecule has 2 aliphatic rings. The fraction of sp³-hybridized carbons (Fsp3) is 0.818. The first kappa shape index (κ1) is 11.4. The van der Waals surface area contributed by atoms with Crippen LogP contribution in [0.15, 0.2) is 0 Å². The summed E-state index contributed by atoms with van der Waals surface area (Å²) >= 11 is 0. The smallest absolute Gasteiger partial charge is 0.239 e. The lowest BCUT2D eigenvalue weighted by Crippen LogP contribution is -2.52. The summed E-state index contributed by atoms with van der Waals surface area (Å²) in [6.45, 7) is 1.36. The van der Waals surface area contributed by atoms with Gasteiger partial charge < -0.3 is 16.0 Å². The van der Waals surface area contributed by atoms with Gasteiger partial charge in [-0.2, -0.15) is 0 Å². The van der Waals surface area contributed by atoms with Gasteiger partial charge in [0, 0.05) is 25.0 Å². The van der Waals surface area contributed by atoms with Crippen LogP contribution in [-0.4, -0.2) is 41.9 Å². The predicted molar refractivity (Wildman–Crippen MR) is 59.6 cm³/mol. The molecule has 0 aromatic rings. The van der Waals surface area contributed by atoms with Crippen molar-refractivity contribution >= 4 is 11.8 Å². The summed E-state index contributed by atoms with van der Waals surface area (Å²) in [5, 5.41) is 2.71. The first-order valence-corrected chi connectivity index (χ1v) is 5.92. The van der Waals surface area contributed by atoms with Gasteiger partial charge in [-0.3, -0.25) is 9.59 Å². The van der Waals surface area contributed by atoms with Crippen LogP contribution in [0.4, 0.5) is 0 Å². The number of nitrogens with two attached hydrogens (primary N) is 1. The van der Waals surface area contributed by atoms with Crippen LogP contribution in [0.2, 0.25) is 0 Å². The zero-order chi connectivity index (χ0) is 11.6. The maximum absolute atomic E-state index is 12.0.